The fraction of sp³-hybridized carbons (Fsp3) is 0. The predicted molar refractivity (Wildman–Crippen MR) is 131 cm³/mol. The molecule has 3 aromatic carbocycles. The fourth-order valence-electron chi connectivity index (χ4n) is 3.10. The van der Waals surface area contributed by atoms with Gasteiger partial charge in [0.1, 0.15) is 10.7 Å². The van der Waals surface area contributed by atoms with Crippen LogP contribution in [-0.4, -0.2) is 17.7 Å². The number of anilines is 3. The second kappa shape index (κ2) is 9.45. The third-order valence-electron chi connectivity index (χ3n) is 4.74. The van der Waals surface area contributed by atoms with Gasteiger partial charge in [-0.15, -0.1) is 0 Å². The summed E-state index contributed by atoms with van der Waals surface area (Å²) in [6.45, 7) is 0. The molecule has 0 bridgehead atoms. The lowest BCUT2D eigenvalue weighted by Crippen LogP contribution is -2.32. The maximum atomic E-state index is 12.9. The van der Waals surface area contributed by atoms with Crippen molar-refractivity contribution in [1.82, 2.24) is 0 Å². The molecule has 0 radical (unpaired) electrons. The Hall–Kier alpha value is -3.03. The van der Waals surface area contributed by atoms with E-state index in [-0.39, 0.29) is 32.4 Å². The number of imide groups is 1. The van der Waals surface area contributed by atoms with E-state index in [1.165, 1.54) is 12.1 Å². The Kier molecular flexibility index (Phi) is 6.63. The molecule has 0 saturated heterocycles. The summed E-state index contributed by atoms with van der Waals surface area (Å²) in [5.41, 5.74) is 1.30. The molecule has 0 unspecified atom stereocenters. The van der Waals surface area contributed by atoms with Gasteiger partial charge in [0.05, 0.1) is 26.4 Å². The van der Waals surface area contributed by atoms with Gasteiger partial charge in [0.25, 0.3) is 17.7 Å². The van der Waals surface area contributed by atoms with Crippen LogP contribution in [0.15, 0.2) is 77.5 Å². The molecule has 0 aliphatic carbocycles. The van der Waals surface area contributed by atoms with E-state index in [0.717, 1.165) is 4.90 Å². The zero-order valence-electron chi connectivity index (χ0n) is 16.5. The van der Waals surface area contributed by atoms with Crippen LogP contribution in [0.5, 0.6) is 0 Å². The van der Waals surface area contributed by atoms with E-state index in [4.69, 9.17) is 46.4 Å². The molecule has 1 aliphatic rings. The smallest absolute Gasteiger partial charge is 0.283 e. The normalized spacial score (nSPS) is 13.5. The first-order valence-corrected chi connectivity index (χ1v) is 10.9. The van der Waals surface area contributed by atoms with Crippen molar-refractivity contribution in [2.75, 3.05) is 15.5 Å². The molecule has 3 amide bonds. The van der Waals surface area contributed by atoms with E-state index < -0.39 is 11.8 Å². The van der Waals surface area contributed by atoms with E-state index in [1.807, 2.05) is 0 Å². The van der Waals surface area contributed by atoms with Crippen LogP contribution < -0.4 is 15.5 Å². The number of hydrogen-bond donors (Lipinski definition) is 2. The first-order chi connectivity index (χ1) is 15.8. The van der Waals surface area contributed by atoms with Crippen molar-refractivity contribution in [3.63, 3.8) is 0 Å². The van der Waals surface area contributed by atoms with Crippen LogP contribution in [-0.2, 0) is 9.59 Å². The van der Waals surface area contributed by atoms with Crippen molar-refractivity contribution in [2.24, 2.45) is 0 Å². The first-order valence-electron chi connectivity index (χ1n) is 9.43. The molecule has 3 aromatic rings. The number of carbonyl (C=O) groups excluding carboxylic acids is 3. The van der Waals surface area contributed by atoms with E-state index in [9.17, 15) is 14.4 Å². The van der Waals surface area contributed by atoms with Gasteiger partial charge in [-0.3, -0.25) is 14.4 Å². The minimum atomic E-state index is -0.732. The van der Waals surface area contributed by atoms with Gasteiger partial charge in [-0.2, -0.15) is 0 Å². The van der Waals surface area contributed by atoms with Crippen molar-refractivity contribution < 1.29 is 14.4 Å². The van der Waals surface area contributed by atoms with Gasteiger partial charge < -0.3 is 10.6 Å². The summed E-state index contributed by atoms with van der Waals surface area (Å²) >= 11 is 24.4. The Morgan fingerprint density at radius 3 is 2.12 bits per heavy atom. The second-order valence-electron chi connectivity index (χ2n) is 6.84. The highest BCUT2D eigenvalue weighted by molar-refractivity contribution is 6.54. The quantitative estimate of drug-likeness (QED) is 0.385. The van der Waals surface area contributed by atoms with Gasteiger partial charge in [0.15, 0.2) is 0 Å². The zero-order chi connectivity index (χ0) is 23.7. The van der Waals surface area contributed by atoms with Crippen molar-refractivity contribution >= 4 is 81.2 Å². The number of benzene rings is 3. The maximum absolute atomic E-state index is 12.9. The largest absolute Gasteiger partial charge is 0.350 e. The molecular weight excluding hydrogens is 508 g/mol. The highest BCUT2D eigenvalue weighted by Crippen LogP contribution is 2.37. The summed E-state index contributed by atoms with van der Waals surface area (Å²) in [5.74, 6) is -1.78. The van der Waals surface area contributed by atoms with E-state index >= 15 is 0 Å². The Bertz CT molecular complexity index is 1320. The lowest BCUT2D eigenvalue weighted by Gasteiger charge is -2.17. The Morgan fingerprint density at radius 1 is 0.758 bits per heavy atom. The Balaban J connectivity index is 1.51. The van der Waals surface area contributed by atoms with Crippen molar-refractivity contribution in [2.45, 2.75) is 0 Å². The minimum Gasteiger partial charge on any atom is -0.350 e. The Labute approximate surface area is 208 Å². The van der Waals surface area contributed by atoms with Crippen LogP contribution in [0, 0.1) is 0 Å². The molecule has 1 aliphatic heterocycles. The van der Waals surface area contributed by atoms with E-state index in [2.05, 4.69) is 10.6 Å². The molecule has 0 aromatic heterocycles. The highest BCUT2D eigenvalue weighted by Gasteiger charge is 2.40. The SMILES string of the molecule is O=C(Nc1ccccc1Cl)c1ccc(NC2=C(Cl)C(=O)N(c3cccc(Cl)c3Cl)C2=O)cc1. The number of para-hydroxylation sites is 1. The third kappa shape index (κ3) is 4.56. The summed E-state index contributed by atoms with van der Waals surface area (Å²) in [6, 6.07) is 17.7. The van der Waals surface area contributed by atoms with Crippen LogP contribution in [0.2, 0.25) is 15.1 Å². The predicted octanol–water partition coefficient (Wildman–Crippen LogP) is 6.33. The fourth-order valence-corrected chi connectivity index (χ4v) is 3.88. The molecule has 166 valence electrons. The van der Waals surface area contributed by atoms with E-state index in [1.54, 1.807) is 54.6 Å². The number of rotatable bonds is 5. The molecule has 2 N–H and O–H groups in total. The number of hydrogen-bond acceptors (Lipinski definition) is 4. The lowest BCUT2D eigenvalue weighted by molar-refractivity contribution is -0.120. The second-order valence-corrected chi connectivity index (χ2v) is 8.41. The summed E-state index contributed by atoms with van der Waals surface area (Å²) in [6.07, 6.45) is 0. The molecule has 6 nitrogen and oxygen atoms in total. The van der Waals surface area contributed by atoms with Crippen LogP contribution in [0.3, 0.4) is 0 Å². The summed E-state index contributed by atoms with van der Waals surface area (Å²) in [7, 11) is 0. The summed E-state index contributed by atoms with van der Waals surface area (Å²) in [5, 5.41) is 5.93. The average Bonchev–Trinajstić information content (AvgIpc) is 3.01. The van der Waals surface area contributed by atoms with Crippen molar-refractivity contribution in [3.8, 4) is 0 Å². The maximum Gasteiger partial charge on any atom is 0.283 e. The molecule has 0 fully saturated rings. The van der Waals surface area contributed by atoms with Crippen LogP contribution in [0.4, 0.5) is 17.1 Å². The van der Waals surface area contributed by atoms with Crippen LogP contribution in [0.1, 0.15) is 10.4 Å². The number of carbonyl (C=O) groups is 3. The van der Waals surface area contributed by atoms with Crippen molar-refractivity contribution in [1.29, 1.82) is 0 Å². The average molecular weight is 521 g/mol. The molecule has 33 heavy (non-hydrogen) atoms. The molecule has 0 saturated carbocycles. The van der Waals surface area contributed by atoms with Crippen molar-refractivity contribution in [3.05, 3.63) is 98.1 Å². The molecule has 0 spiro atoms. The number of nitrogens with zero attached hydrogens (tertiary/aromatic N) is 1. The molecule has 0 atom stereocenters. The van der Waals surface area contributed by atoms with Gasteiger partial charge in [0, 0.05) is 11.3 Å². The molecule has 4 rings (SSSR count). The van der Waals surface area contributed by atoms with Crippen LogP contribution in [0.25, 0.3) is 0 Å². The first kappa shape index (κ1) is 23.1. The summed E-state index contributed by atoms with van der Waals surface area (Å²) < 4.78 is 0. The minimum absolute atomic E-state index is 0.0560. The molecule has 1 heterocycles. The van der Waals surface area contributed by atoms with Gasteiger partial charge in [0.2, 0.25) is 0 Å². The molecular formula is C23H13Cl4N3O3. The van der Waals surface area contributed by atoms with E-state index in [0.29, 0.717) is 22.0 Å². The monoisotopic (exact) mass is 519 g/mol. The van der Waals surface area contributed by atoms with Gasteiger partial charge >= 0.3 is 0 Å². The Morgan fingerprint density at radius 2 is 1.42 bits per heavy atom. The van der Waals surface area contributed by atoms with Gasteiger partial charge in [-0.25, -0.2) is 4.90 Å². The lowest BCUT2D eigenvalue weighted by atomic mass is 10.2. The third-order valence-corrected chi connectivity index (χ3v) is 6.23. The number of nitrogens with one attached hydrogen (secondary N) is 2. The number of amides is 3. The standard InChI is InChI=1S/C23H13Cl4N3O3/c24-14-4-1-2-6-16(14)29-21(31)12-8-10-13(11-9-12)28-20-19(27)22(32)30(23(20)33)17-7-3-5-15(25)18(17)26/h1-11,28H,(H,29,31). The van der Waals surface area contributed by atoms with Gasteiger partial charge in [-0.1, -0.05) is 64.6 Å². The summed E-state index contributed by atoms with van der Waals surface area (Å²) in [4.78, 5) is 38.9. The molecule has 10 heteroatoms. The highest BCUT2D eigenvalue weighted by atomic mass is 35.5. The zero-order valence-corrected chi connectivity index (χ0v) is 19.6. The van der Waals surface area contributed by atoms with Crippen LogP contribution >= 0.6 is 46.4 Å². The number of halogens is 4. The van der Waals surface area contributed by atoms with Gasteiger partial charge in [-0.05, 0) is 48.5 Å². The topological polar surface area (TPSA) is 78.5 Å².